The summed E-state index contributed by atoms with van der Waals surface area (Å²) in [5.74, 6) is -0.106. The Morgan fingerprint density at radius 3 is 1.48 bits per heavy atom. The largest absolute Gasteiger partial charge is 0.462 e. The third-order valence-corrected chi connectivity index (χ3v) is 3.08. The van der Waals surface area contributed by atoms with Crippen LogP contribution in [-0.4, -0.2) is 25.2 Å². The minimum atomic E-state index is -0.397. The van der Waals surface area contributed by atoms with Crippen LogP contribution < -0.4 is 0 Å². The van der Waals surface area contributed by atoms with Gasteiger partial charge in [-0.3, -0.25) is 0 Å². The van der Waals surface area contributed by atoms with Crippen molar-refractivity contribution in [2.75, 3.05) is 13.2 Å². The second-order valence-electron chi connectivity index (χ2n) is 7.63. The highest BCUT2D eigenvalue weighted by molar-refractivity contribution is 6.00. The second-order valence-corrected chi connectivity index (χ2v) is 7.63. The fraction of sp³-hybridized carbons (Fsp3) is 0.789. The number of carbonyl (C=O) groups excluding carboxylic acids is 2. The summed E-state index contributed by atoms with van der Waals surface area (Å²) in [7, 11) is 0. The maximum atomic E-state index is 12.5. The van der Waals surface area contributed by atoms with Crippen LogP contribution in [0, 0.1) is 23.7 Å². The molecule has 0 atom stereocenters. The van der Waals surface area contributed by atoms with E-state index in [0.717, 1.165) is 0 Å². The SMILES string of the molecule is CC(C)COC(=O)C(CC(C)C)=C(C(=O)OCC(C)C)C(C)C. The Morgan fingerprint density at radius 1 is 0.696 bits per heavy atom. The summed E-state index contributed by atoms with van der Waals surface area (Å²) in [5, 5.41) is 0. The molecular weight excluding hydrogens is 292 g/mol. The van der Waals surface area contributed by atoms with Gasteiger partial charge in [0.1, 0.15) is 0 Å². The van der Waals surface area contributed by atoms with E-state index in [1.54, 1.807) is 0 Å². The van der Waals surface area contributed by atoms with Gasteiger partial charge in [-0.1, -0.05) is 55.4 Å². The molecule has 134 valence electrons. The lowest BCUT2D eigenvalue weighted by Crippen LogP contribution is -2.23. The number of ether oxygens (including phenoxy) is 2. The Bertz CT molecular complexity index is 417. The summed E-state index contributed by atoms with van der Waals surface area (Å²) >= 11 is 0. The lowest BCUT2D eigenvalue weighted by atomic mass is 9.91. The molecule has 0 aromatic heterocycles. The smallest absolute Gasteiger partial charge is 0.334 e. The Labute approximate surface area is 141 Å². The van der Waals surface area contributed by atoms with Gasteiger partial charge in [0.15, 0.2) is 0 Å². The van der Waals surface area contributed by atoms with Crippen LogP contribution in [0.3, 0.4) is 0 Å². The third-order valence-electron chi connectivity index (χ3n) is 3.08. The molecule has 0 aliphatic carbocycles. The molecule has 23 heavy (non-hydrogen) atoms. The van der Waals surface area contributed by atoms with Gasteiger partial charge >= 0.3 is 11.9 Å². The fourth-order valence-corrected chi connectivity index (χ4v) is 2.07. The molecule has 4 heteroatoms. The summed E-state index contributed by atoms with van der Waals surface area (Å²) in [6.45, 7) is 16.5. The first-order valence-corrected chi connectivity index (χ1v) is 8.63. The number of hydrogen-bond acceptors (Lipinski definition) is 4. The predicted octanol–water partition coefficient (Wildman–Crippen LogP) is 4.38. The van der Waals surface area contributed by atoms with Crippen molar-refractivity contribution in [3.8, 4) is 0 Å². The van der Waals surface area contributed by atoms with Crippen molar-refractivity contribution >= 4 is 11.9 Å². The summed E-state index contributed by atoms with van der Waals surface area (Å²) in [6.07, 6.45) is 0.515. The van der Waals surface area contributed by atoms with Gasteiger partial charge in [-0.2, -0.15) is 0 Å². The number of carbonyl (C=O) groups is 2. The zero-order valence-electron chi connectivity index (χ0n) is 16.1. The van der Waals surface area contributed by atoms with E-state index in [2.05, 4.69) is 0 Å². The molecule has 0 saturated carbocycles. The normalized spacial score (nSPS) is 12.9. The molecule has 0 rings (SSSR count). The van der Waals surface area contributed by atoms with Crippen LogP contribution in [-0.2, 0) is 19.1 Å². The van der Waals surface area contributed by atoms with E-state index in [9.17, 15) is 9.59 Å². The molecule has 0 saturated heterocycles. The molecule has 0 aromatic rings. The molecule has 0 heterocycles. The standard InChI is InChI=1S/C19H34O4/c1-12(2)9-16(18(20)22-10-13(3)4)17(15(7)8)19(21)23-11-14(5)6/h12-15H,9-11H2,1-8H3. The summed E-state index contributed by atoms with van der Waals surface area (Å²) in [6, 6.07) is 0. The van der Waals surface area contributed by atoms with E-state index in [1.165, 1.54) is 0 Å². The van der Waals surface area contributed by atoms with Gasteiger partial charge in [0, 0.05) is 5.57 Å². The topological polar surface area (TPSA) is 52.6 Å². The van der Waals surface area contributed by atoms with E-state index in [0.29, 0.717) is 30.8 Å². The van der Waals surface area contributed by atoms with Crippen LogP contribution in [0.5, 0.6) is 0 Å². The summed E-state index contributed by atoms with van der Waals surface area (Å²) < 4.78 is 10.7. The molecule has 0 aliphatic rings. The molecule has 0 spiro atoms. The minimum absolute atomic E-state index is 0.0880. The number of esters is 2. The van der Waals surface area contributed by atoms with Crippen LogP contribution in [0.2, 0.25) is 0 Å². The van der Waals surface area contributed by atoms with Crippen LogP contribution in [0.4, 0.5) is 0 Å². The first-order valence-electron chi connectivity index (χ1n) is 8.63. The first kappa shape index (κ1) is 21.7. The quantitative estimate of drug-likeness (QED) is 0.466. The molecule has 0 aliphatic heterocycles. The Balaban J connectivity index is 5.52. The van der Waals surface area contributed by atoms with Gasteiger partial charge in [0.2, 0.25) is 0 Å². The molecule has 0 aromatic carbocycles. The Hall–Kier alpha value is -1.32. The lowest BCUT2D eigenvalue weighted by molar-refractivity contribution is -0.144. The average Bonchev–Trinajstić information content (AvgIpc) is 2.40. The zero-order chi connectivity index (χ0) is 18.2. The number of rotatable bonds is 9. The van der Waals surface area contributed by atoms with Crippen molar-refractivity contribution in [2.24, 2.45) is 23.7 Å². The van der Waals surface area contributed by atoms with Crippen molar-refractivity contribution < 1.29 is 19.1 Å². The monoisotopic (exact) mass is 326 g/mol. The fourth-order valence-electron chi connectivity index (χ4n) is 2.07. The van der Waals surface area contributed by atoms with E-state index in [1.807, 2.05) is 55.4 Å². The Kier molecular flexibility index (Phi) is 9.85. The number of hydrogen-bond donors (Lipinski definition) is 0. The summed E-state index contributed by atoms with van der Waals surface area (Å²) in [5.41, 5.74) is 0.914. The highest BCUT2D eigenvalue weighted by atomic mass is 16.5. The molecule has 4 nitrogen and oxygen atoms in total. The van der Waals surface area contributed by atoms with E-state index >= 15 is 0 Å². The van der Waals surface area contributed by atoms with Gasteiger partial charge in [0.05, 0.1) is 18.8 Å². The minimum Gasteiger partial charge on any atom is -0.462 e. The van der Waals surface area contributed by atoms with Crippen molar-refractivity contribution in [1.82, 2.24) is 0 Å². The highest BCUT2D eigenvalue weighted by Gasteiger charge is 2.26. The highest BCUT2D eigenvalue weighted by Crippen LogP contribution is 2.24. The van der Waals surface area contributed by atoms with Gasteiger partial charge in [-0.05, 0) is 30.1 Å². The molecular formula is C19H34O4. The van der Waals surface area contributed by atoms with Crippen LogP contribution in [0.1, 0.15) is 61.8 Å². The van der Waals surface area contributed by atoms with Gasteiger partial charge in [0.25, 0.3) is 0 Å². The average molecular weight is 326 g/mol. The van der Waals surface area contributed by atoms with Crippen molar-refractivity contribution in [3.05, 3.63) is 11.1 Å². The van der Waals surface area contributed by atoms with E-state index < -0.39 is 11.9 Å². The van der Waals surface area contributed by atoms with Crippen molar-refractivity contribution in [1.29, 1.82) is 0 Å². The lowest BCUT2D eigenvalue weighted by Gasteiger charge is -2.19. The van der Waals surface area contributed by atoms with Gasteiger partial charge in [-0.25, -0.2) is 9.59 Å². The molecule has 0 radical (unpaired) electrons. The maximum absolute atomic E-state index is 12.5. The third kappa shape index (κ3) is 8.77. The first-order chi connectivity index (χ1) is 10.6. The van der Waals surface area contributed by atoms with Crippen molar-refractivity contribution in [2.45, 2.75) is 61.8 Å². The van der Waals surface area contributed by atoms with E-state index in [-0.39, 0.29) is 23.7 Å². The Morgan fingerprint density at radius 2 is 1.13 bits per heavy atom. The van der Waals surface area contributed by atoms with Gasteiger partial charge in [-0.15, -0.1) is 0 Å². The predicted molar refractivity (Wildman–Crippen MR) is 92.9 cm³/mol. The molecule has 0 bridgehead atoms. The van der Waals surface area contributed by atoms with Crippen LogP contribution in [0.15, 0.2) is 11.1 Å². The summed E-state index contributed by atoms with van der Waals surface area (Å²) in [4.78, 5) is 25.0. The molecule has 0 amide bonds. The second kappa shape index (κ2) is 10.5. The van der Waals surface area contributed by atoms with Crippen LogP contribution >= 0.6 is 0 Å². The van der Waals surface area contributed by atoms with Gasteiger partial charge < -0.3 is 9.47 Å². The van der Waals surface area contributed by atoms with Crippen LogP contribution in [0.25, 0.3) is 0 Å². The molecule has 0 N–H and O–H groups in total. The molecule has 0 unspecified atom stereocenters. The van der Waals surface area contributed by atoms with Crippen molar-refractivity contribution in [3.63, 3.8) is 0 Å². The zero-order valence-corrected chi connectivity index (χ0v) is 16.1. The maximum Gasteiger partial charge on any atom is 0.334 e. The molecule has 0 fully saturated rings. The van der Waals surface area contributed by atoms with E-state index in [4.69, 9.17) is 9.47 Å².